The molecule has 0 aliphatic carbocycles. The quantitative estimate of drug-likeness (QED) is 0.515. The molecule has 0 aliphatic rings. The number of hydrogen-bond acceptors (Lipinski definition) is 1. The van der Waals surface area contributed by atoms with Gasteiger partial charge in [0, 0.05) is 5.25 Å². The second kappa shape index (κ2) is 3.54. The number of rotatable bonds is 2. The average molecular weight is 103 g/mol. The zero-order valence-corrected chi connectivity index (χ0v) is 5.22. The smallest absolute Gasteiger partial charge is 0.00190 e. The molecule has 1 radical (unpaired) electrons. The van der Waals surface area contributed by atoms with Crippen LogP contribution in [-0.2, 0) is 0 Å². The van der Waals surface area contributed by atoms with Crippen molar-refractivity contribution in [1.82, 2.24) is 0 Å². The fraction of sp³-hybridized carbons (Fsp3) is 0.800. The van der Waals surface area contributed by atoms with E-state index in [2.05, 4.69) is 20.8 Å². The maximum atomic E-state index is 3.79. The molecule has 6 heavy (non-hydrogen) atoms. The minimum atomic E-state index is 0.565. The summed E-state index contributed by atoms with van der Waals surface area (Å²) in [5.41, 5.74) is 0. The lowest BCUT2D eigenvalue weighted by Crippen LogP contribution is -1.84. The van der Waals surface area contributed by atoms with Crippen LogP contribution in [0.4, 0.5) is 0 Å². The third-order valence-electron chi connectivity index (χ3n) is 0.451. The Morgan fingerprint density at radius 3 is 2.33 bits per heavy atom. The Bertz CT molecular complexity index is 25.1. The van der Waals surface area contributed by atoms with Crippen molar-refractivity contribution in [1.29, 1.82) is 0 Å². The summed E-state index contributed by atoms with van der Waals surface area (Å²) in [5.74, 6) is 1.19. The van der Waals surface area contributed by atoms with Crippen LogP contribution in [0.2, 0.25) is 0 Å². The first kappa shape index (κ1) is 6.35. The topological polar surface area (TPSA) is 0 Å². The van der Waals surface area contributed by atoms with Crippen LogP contribution in [0.25, 0.3) is 0 Å². The van der Waals surface area contributed by atoms with Crippen LogP contribution in [0.5, 0.6) is 0 Å². The molecular weight excluding hydrogens is 92.1 g/mol. The van der Waals surface area contributed by atoms with E-state index in [0.29, 0.717) is 5.25 Å². The molecule has 0 bridgehead atoms. The molecule has 0 nitrogen and oxygen atoms in total. The van der Waals surface area contributed by atoms with Crippen LogP contribution in [0, 0.1) is 6.92 Å². The van der Waals surface area contributed by atoms with Gasteiger partial charge in [0.25, 0.3) is 0 Å². The van der Waals surface area contributed by atoms with Gasteiger partial charge in [-0.3, -0.25) is 0 Å². The third-order valence-corrected chi connectivity index (χ3v) is 1.35. The minimum absolute atomic E-state index is 0.565. The summed E-state index contributed by atoms with van der Waals surface area (Å²) >= 11 is 1.87. The lowest BCUT2D eigenvalue weighted by Gasteiger charge is -1.96. The Morgan fingerprint density at radius 1 is 1.83 bits per heavy atom. The molecule has 0 N–H and O–H groups in total. The van der Waals surface area contributed by atoms with E-state index in [-0.39, 0.29) is 0 Å². The highest BCUT2D eigenvalue weighted by molar-refractivity contribution is 7.99. The van der Waals surface area contributed by atoms with Crippen molar-refractivity contribution < 1.29 is 0 Å². The fourth-order valence-corrected chi connectivity index (χ4v) is 0.854. The second-order valence-corrected chi connectivity index (χ2v) is 2.98. The zero-order chi connectivity index (χ0) is 4.99. The highest BCUT2D eigenvalue weighted by Gasteiger charge is 1.85. The van der Waals surface area contributed by atoms with Crippen molar-refractivity contribution in [3.8, 4) is 0 Å². The average Bonchev–Trinajstić information content (AvgIpc) is 1.35. The Morgan fingerprint density at radius 2 is 2.33 bits per heavy atom. The molecule has 0 saturated carbocycles. The van der Waals surface area contributed by atoms with E-state index in [4.69, 9.17) is 0 Å². The molecule has 0 rings (SSSR count). The summed E-state index contributed by atoms with van der Waals surface area (Å²) in [4.78, 5) is 0. The van der Waals surface area contributed by atoms with Gasteiger partial charge in [0.1, 0.15) is 0 Å². The van der Waals surface area contributed by atoms with E-state index in [1.807, 2.05) is 11.8 Å². The second-order valence-electron chi connectivity index (χ2n) is 1.27. The van der Waals surface area contributed by atoms with E-state index < -0.39 is 0 Å². The van der Waals surface area contributed by atoms with Crippen LogP contribution in [0.15, 0.2) is 0 Å². The van der Waals surface area contributed by atoms with Gasteiger partial charge in [0.05, 0.1) is 0 Å². The van der Waals surface area contributed by atoms with Crippen molar-refractivity contribution in [2.75, 3.05) is 5.75 Å². The van der Waals surface area contributed by atoms with Gasteiger partial charge in [-0.1, -0.05) is 13.8 Å². The monoisotopic (exact) mass is 103 g/mol. The van der Waals surface area contributed by atoms with Gasteiger partial charge in [0.2, 0.25) is 0 Å². The molecule has 0 spiro atoms. The molecule has 37 valence electrons. The van der Waals surface area contributed by atoms with Gasteiger partial charge in [-0.05, 0) is 12.7 Å². The molecule has 0 aromatic heterocycles. The predicted molar refractivity (Wildman–Crippen MR) is 33.0 cm³/mol. The first-order chi connectivity index (χ1) is 2.77. The SMILES string of the molecule is [CH2][C@@H](C)SCC. The first-order valence-corrected chi connectivity index (χ1v) is 3.27. The minimum Gasteiger partial charge on any atom is -0.159 e. The third kappa shape index (κ3) is 4.35. The van der Waals surface area contributed by atoms with E-state index in [1.165, 1.54) is 5.75 Å². The largest absolute Gasteiger partial charge is 0.159 e. The van der Waals surface area contributed by atoms with E-state index >= 15 is 0 Å². The zero-order valence-electron chi connectivity index (χ0n) is 4.40. The number of hydrogen-bond donors (Lipinski definition) is 0. The van der Waals surface area contributed by atoms with Gasteiger partial charge in [-0.2, -0.15) is 11.8 Å². The molecule has 0 unspecified atom stereocenters. The van der Waals surface area contributed by atoms with Crippen LogP contribution in [-0.4, -0.2) is 11.0 Å². The van der Waals surface area contributed by atoms with Gasteiger partial charge >= 0.3 is 0 Å². The fourth-order valence-electron chi connectivity index (χ4n) is 0.285. The Balaban J connectivity index is 2.63. The summed E-state index contributed by atoms with van der Waals surface area (Å²) in [6.07, 6.45) is 0. The molecule has 1 heteroatoms. The summed E-state index contributed by atoms with van der Waals surface area (Å²) in [6, 6.07) is 0. The molecule has 0 aliphatic heterocycles. The summed E-state index contributed by atoms with van der Waals surface area (Å²) in [7, 11) is 0. The maximum absolute atomic E-state index is 3.79. The van der Waals surface area contributed by atoms with Crippen LogP contribution in [0.3, 0.4) is 0 Å². The number of thioether (sulfide) groups is 1. The van der Waals surface area contributed by atoms with Crippen LogP contribution < -0.4 is 0 Å². The normalized spacial score (nSPS) is 10.0. The molecule has 0 amide bonds. The molecule has 0 heterocycles. The molecular formula is C5H11S. The Labute approximate surface area is 44.3 Å². The molecule has 0 fully saturated rings. The highest BCUT2D eigenvalue weighted by Crippen LogP contribution is 2.05. The summed E-state index contributed by atoms with van der Waals surface area (Å²) in [5, 5.41) is 0.565. The summed E-state index contributed by atoms with van der Waals surface area (Å²) in [6.45, 7) is 8.04. The van der Waals surface area contributed by atoms with Crippen molar-refractivity contribution in [3.05, 3.63) is 6.92 Å². The van der Waals surface area contributed by atoms with Gasteiger partial charge < -0.3 is 0 Å². The van der Waals surface area contributed by atoms with E-state index in [1.54, 1.807) is 0 Å². The van der Waals surface area contributed by atoms with Crippen molar-refractivity contribution in [2.24, 2.45) is 0 Å². The van der Waals surface area contributed by atoms with E-state index in [0.717, 1.165) is 0 Å². The summed E-state index contributed by atoms with van der Waals surface area (Å²) < 4.78 is 0. The van der Waals surface area contributed by atoms with E-state index in [9.17, 15) is 0 Å². The van der Waals surface area contributed by atoms with Crippen molar-refractivity contribution in [2.45, 2.75) is 19.1 Å². The van der Waals surface area contributed by atoms with Gasteiger partial charge in [-0.15, -0.1) is 0 Å². The Kier molecular flexibility index (Phi) is 3.74. The standard InChI is InChI=1S/C5H11S/c1-4-6-5(2)3/h5H,2,4H2,1,3H3/t5-/m0/s1. The lowest BCUT2D eigenvalue weighted by atomic mass is 10.6. The van der Waals surface area contributed by atoms with Crippen molar-refractivity contribution >= 4 is 11.8 Å². The Hall–Kier alpha value is 0.350. The van der Waals surface area contributed by atoms with Crippen molar-refractivity contribution in [3.63, 3.8) is 0 Å². The molecule has 0 aromatic rings. The van der Waals surface area contributed by atoms with Crippen LogP contribution >= 0.6 is 11.8 Å². The first-order valence-electron chi connectivity index (χ1n) is 2.22. The molecule has 0 saturated heterocycles. The maximum Gasteiger partial charge on any atom is 0.00190 e. The van der Waals surface area contributed by atoms with Crippen LogP contribution in [0.1, 0.15) is 13.8 Å². The van der Waals surface area contributed by atoms with Gasteiger partial charge in [0.15, 0.2) is 0 Å². The highest BCUT2D eigenvalue weighted by atomic mass is 32.2. The lowest BCUT2D eigenvalue weighted by molar-refractivity contribution is 1.24. The molecule has 1 atom stereocenters. The molecule has 0 aromatic carbocycles. The van der Waals surface area contributed by atoms with Gasteiger partial charge in [-0.25, -0.2) is 0 Å². The predicted octanol–water partition coefficient (Wildman–Crippen LogP) is 1.96.